The number of H-pyrrole nitrogens is 1. The molecule has 2 aromatic heterocycles. The first-order chi connectivity index (χ1) is 17.1. The normalized spacial score (nSPS) is 13.0. The molecule has 0 fully saturated rings. The largest absolute Gasteiger partial charge is 0.322 e. The molecule has 0 aliphatic carbocycles. The van der Waals surface area contributed by atoms with Crippen LogP contribution in [0.15, 0.2) is 47.3 Å². The van der Waals surface area contributed by atoms with Gasteiger partial charge >= 0.3 is 0 Å². The Kier molecular flexibility index (Phi) is 7.36. The van der Waals surface area contributed by atoms with Crippen molar-refractivity contribution in [3.05, 3.63) is 86.7 Å². The van der Waals surface area contributed by atoms with E-state index < -0.39 is 0 Å². The SMILES string of the molecule is CCC[C@@H](c1nnnn1C(C)(C)C)N(Cc1ccc(F)cc1)Cc1cc2cc(C)c(C)cc2[nH]c1=O. The molecule has 0 saturated carbocycles. The molecule has 36 heavy (non-hydrogen) atoms. The molecule has 0 bridgehead atoms. The predicted molar refractivity (Wildman–Crippen MR) is 140 cm³/mol. The number of halogens is 1. The highest BCUT2D eigenvalue weighted by atomic mass is 19.1. The molecule has 8 heteroatoms. The van der Waals surface area contributed by atoms with Crippen LogP contribution in [0.5, 0.6) is 0 Å². The van der Waals surface area contributed by atoms with Gasteiger partial charge in [-0.2, -0.15) is 0 Å². The van der Waals surface area contributed by atoms with Gasteiger partial charge in [-0.05, 0) is 104 Å². The zero-order valence-corrected chi connectivity index (χ0v) is 22.0. The fraction of sp³-hybridized carbons (Fsp3) is 0.429. The summed E-state index contributed by atoms with van der Waals surface area (Å²) in [5.74, 6) is 0.485. The number of pyridine rings is 1. The molecule has 2 heterocycles. The van der Waals surface area contributed by atoms with Crippen molar-refractivity contribution in [3.8, 4) is 0 Å². The summed E-state index contributed by atoms with van der Waals surface area (Å²) in [4.78, 5) is 18.5. The Morgan fingerprint density at radius 2 is 1.75 bits per heavy atom. The van der Waals surface area contributed by atoms with Crippen LogP contribution in [-0.2, 0) is 18.6 Å². The molecule has 4 aromatic rings. The van der Waals surface area contributed by atoms with Gasteiger partial charge in [-0.3, -0.25) is 9.69 Å². The quantitative estimate of drug-likeness (QED) is 0.349. The molecule has 0 saturated heterocycles. The Balaban J connectivity index is 1.80. The number of tetrazole rings is 1. The van der Waals surface area contributed by atoms with Gasteiger partial charge in [0.15, 0.2) is 5.82 Å². The van der Waals surface area contributed by atoms with Crippen molar-refractivity contribution in [2.45, 2.75) is 79.1 Å². The van der Waals surface area contributed by atoms with E-state index in [-0.39, 0.29) is 23.0 Å². The summed E-state index contributed by atoms with van der Waals surface area (Å²) in [6.07, 6.45) is 1.72. The molecule has 7 nitrogen and oxygen atoms in total. The smallest absolute Gasteiger partial charge is 0.252 e. The number of fused-ring (bicyclic) bond motifs is 1. The zero-order valence-electron chi connectivity index (χ0n) is 22.0. The lowest BCUT2D eigenvalue weighted by Gasteiger charge is -2.33. The van der Waals surface area contributed by atoms with Crippen LogP contribution in [0, 0.1) is 19.7 Å². The van der Waals surface area contributed by atoms with Crippen LogP contribution in [0.25, 0.3) is 10.9 Å². The van der Waals surface area contributed by atoms with Gasteiger partial charge in [0, 0.05) is 24.2 Å². The maximum absolute atomic E-state index is 13.6. The standard InChI is InChI=1S/C28H35FN6O/c1-7-8-25(26-31-32-33-35(26)28(4,5)6)34(16-20-9-11-23(29)12-10-20)17-22-15-21-13-18(2)19(3)14-24(21)30-27(22)36/h9-15,25H,7-8,16-17H2,1-6H3,(H,30,36)/t25-/m0/s1. The van der Waals surface area contributed by atoms with Crippen molar-refractivity contribution < 1.29 is 4.39 Å². The lowest BCUT2D eigenvalue weighted by Crippen LogP contribution is -2.35. The number of aromatic amines is 1. The second-order valence-corrected chi connectivity index (χ2v) is 10.6. The van der Waals surface area contributed by atoms with E-state index in [2.05, 4.69) is 66.1 Å². The van der Waals surface area contributed by atoms with E-state index in [1.807, 2.05) is 23.7 Å². The van der Waals surface area contributed by atoms with Gasteiger partial charge in [0.1, 0.15) is 5.82 Å². The first-order valence-corrected chi connectivity index (χ1v) is 12.5. The van der Waals surface area contributed by atoms with Crippen LogP contribution in [0.2, 0.25) is 0 Å². The van der Waals surface area contributed by atoms with Crippen LogP contribution in [0.4, 0.5) is 4.39 Å². The summed E-state index contributed by atoms with van der Waals surface area (Å²) in [5.41, 5.74) is 4.36. The van der Waals surface area contributed by atoms with Gasteiger partial charge in [-0.15, -0.1) is 5.10 Å². The van der Waals surface area contributed by atoms with Gasteiger partial charge in [-0.1, -0.05) is 25.5 Å². The molecule has 0 radical (unpaired) electrons. The Bertz CT molecular complexity index is 1400. The Labute approximate surface area is 211 Å². The van der Waals surface area contributed by atoms with E-state index in [1.165, 1.54) is 17.7 Å². The molecule has 1 N–H and O–H groups in total. The lowest BCUT2D eigenvalue weighted by atomic mass is 10.0. The lowest BCUT2D eigenvalue weighted by molar-refractivity contribution is 0.148. The Morgan fingerprint density at radius 1 is 1.06 bits per heavy atom. The van der Waals surface area contributed by atoms with Crippen molar-refractivity contribution in [1.29, 1.82) is 0 Å². The minimum Gasteiger partial charge on any atom is -0.322 e. The van der Waals surface area contributed by atoms with E-state index >= 15 is 0 Å². The first kappa shape index (κ1) is 25.7. The van der Waals surface area contributed by atoms with Gasteiger partial charge in [0.05, 0.1) is 11.6 Å². The summed E-state index contributed by atoms with van der Waals surface area (Å²) < 4.78 is 15.5. The average Bonchev–Trinajstić information content (AvgIpc) is 3.31. The summed E-state index contributed by atoms with van der Waals surface area (Å²) in [6, 6.07) is 12.5. The second-order valence-electron chi connectivity index (χ2n) is 10.6. The fourth-order valence-electron chi connectivity index (χ4n) is 4.59. The van der Waals surface area contributed by atoms with Crippen LogP contribution in [0.1, 0.15) is 74.7 Å². The molecule has 0 unspecified atom stereocenters. The third-order valence-electron chi connectivity index (χ3n) is 6.64. The third-order valence-corrected chi connectivity index (χ3v) is 6.64. The fourth-order valence-corrected chi connectivity index (χ4v) is 4.59. The van der Waals surface area contributed by atoms with Gasteiger partial charge in [-0.25, -0.2) is 9.07 Å². The summed E-state index contributed by atoms with van der Waals surface area (Å²) in [7, 11) is 0. The highest BCUT2D eigenvalue weighted by Crippen LogP contribution is 2.30. The Morgan fingerprint density at radius 3 is 2.42 bits per heavy atom. The van der Waals surface area contributed by atoms with Crippen LogP contribution in [-0.4, -0.2) is 30.1 Å². The van der Waals surface area contributed by atoms with Crippen molar-refractivity contribution in [2.75, 3.05) is 0 Å². The van der Waals surface area contributed by atoms with Crippen LogP contribution in [0.3, 0.4) is 0 Å². The highest BCUT2D eigenvalue weighted by molar-refractivity contribution is 5.80. The van der Waals surface area contributed by atoms with E-state index in [4.69, 9.17) is 0 Å². The first-order valence-electron chi connectivity index (χ1n) is 12.5. The molecule has 0 spiro atoms. The van der Waals surface area contributed by atoms with E-state index in [0.717, 1.165) is 40.7 Å². The third kappa shape index (κ3) is 5.54. The molecule has 1 atom stereocenters. The zero-order chi connectivity index (χ0) is 26.0. The number of nitrogens with zero attached hydrogens (tertiary/aromatic N) is 5. The van der Waals surface area contributed by atoms with Gasteiger partial charge in [0.25, 0.3) is 5.56 Å². The molecule has 2 aromatic carbocycles. The van der Waals surface area contributed by atoms with Crippen LogP contribution < -0.4 is 5.56 Å². The number of rotatable bonds is 8. The molecular formula is C28H35FN6O. The number of nitrogens with one attached hydrogen (secondary N) is 1. The number of hydrogen-bond acceptors (Lipinski definition) is 5. The average molecular weight is 491 g/mol. The maximum Gasteiger partial charge on any atom is 0.252 e. The highest BCUT2D eigenvalue weighted by Gasteiger charge is 2.30. The van der Waals surface area contributed by atoms with E-state index in [0.29, 0.717) is 18.7 Å². The van der Waals surface area contributed by atoms with Crippen molar-refractivity contribution >= 4 is 10.9 Å². The number of benzene rings is 2. The number of hydrogen-bond donors (Lipinski definition) is 1. The molecule has 4 rings (SSSR count). The molecule has 190 valence electrons. The van der Waals surface area contributed by atoms with E-state index in [1.54, 1.807) is 12.1 Å². The topological polar surface area (TPSA) is 79.7 Å². The van der Waals surface area contributed by atoms with Gasteiger partial charge < -0.3 is 4.98 Å². The minimum atomic E-state index is -0.303. The molecule has 0 amide bonds. The minimum absolute atomic E-state index is 0.111. The summed E-state index contributed by atoms with van der Waals surface area (Å²) >= 11 is 0. The Hall–Kier alpha value is -3.39. The van der Waals surface area contributed by atoms with Crippen molar-refractivity contribution in [1.82, 2.24) is 30.1 Å². The molecule has 0 aliphatic heterocycles. The monoisotopic (exact) mass is 490 g/mol. The van der Waals surface area contributed by atoms with E-state index in [9.17, 15) is 9.18 Å². The second kappa shape index (κ2) is 10.3. The summed E-state index contributed by atoms with van der Waals surface area (Å²) in [6.45, 7) is 13.4. The number of aryl methyl sites for hydroxylation is 2. The molecule has 0 aliphatic rings. The number of aromatic nitrogens is 5. The van der Waals surface area contributed by atoms with Gasteiger partial charge in [0.2, 0.25) is 0 Å². The molecular weight excluding hydrogens is 455 g/mol. The van der Waals surface area contributed by atoms with Crippen LogP contribution >= 0.6 is 0 Å². The predicted octanol–water partition coefficient (Wildman–Crippen LogP) is 5.57. The van der Waals surface area contributed by atoms with Crippen molar-refractivity contribution in [3.63, 3.8) is 0 Å². The van der Waals surface area contributed by atoms with Crippen molar-refractivity contribution in [2.24, 2.45) is 0 Å². The summed E-state index contributed by atoms with van der Waals surface area (Å²) in [5, 5.41) is 13.7. The maximum atomic E-state index is 13.6.